The number of nitrogens with zero attached hydrogens (tertiary/aromatic N) is 1. The highest BCUT2D eigenvalue weighted by molar-refractivity contribution is 5.96. The molecule has 2 amide bonds. The maximum atomic E-state index is 13.3. The Morgan fingerprint density at radius 3 is 2.16 bits per heavy atom. The highest BCUT2D eigenvalue weighted by Gasteiger charge is 2.15. The Morgan fingerprint density at radius 2 is 1.58 bits per heavy atom. The van der Waals surface area contributed by atoms with Gasteiger partial charge in [-0.05, 0) is 56.7 Å². The summed E-state index contributed by atoms with van der Waals surface area (Å²) in [6.45, 7) is 6.88. The maximum Gasteiger partial charge on any atom is 0.411 e. The molecule has 8 heteroatoms. The Bertz CT molecular complexity index is 900. The van der Waals surface area contributed by atoms with Crippen LogP contribution >= 0.6 is 0 Å². The first-order valence-corrected chi connectivity index (χ1v) is 10.1. The highest BCUT2D eigenvalue weighted by atomic mass is 19.1. The molecule has 0 radical (unpaired) electrons. The molecule has 0 spiro atoms. The molecule has 31 heavy (non-hydrogen) atoms. The normalized spacial score (nSPS) is 10.6. The van der Waals surface area contributed by atoms with Crippen molar-refractivity contribution < 1.29 is 23.5 Å². The maximum absolute atomic E-state index is 13.3. The summed E-state index contributed by atoms with van der Waals surface area (Å²) in [4.78, 5) is 25.9. The summed E-state index contributed by atoms with van der Waals surface area (Å²) >= 11 is 0. The van der Waals surface area contributed by atoms with Crippen LogP contribution in [0.1, 0.15) is 26.3 Å². The molecule has 0 atom stereocenters. The van der Waals surface area contributed by atoms with Crippen LogP contribution in [0, 0.1) is 5.82 Å². The van der Waals surface area contributed by atoms with Crippen LogP contribution in [0.15, 0.2) is 54.6 Å². The van der Waals surface area contributed by atoms with Gasteiger partial charge in [0.1, 0.15) is 5.82 Å². The van der Waals surface area contributed by atoms with Gasteiger partial charge in [0.15, 0.2) is 0 Å². The molecule has 0 aromatic heterocycles. The van der Waals surface area contributed by atoms with E-state index in [4.69, 9.17) is 9.47 Å². The van der Waals surface area contributed by atoms with E-state index in [1.54, 1.807) is 38.1 Å². The van der Waals surface area contributed by atoms with E-state index in [1.165, 1.54) is 12.1 Å². The van der Waals surface area contributed by atoms with Crippen LogP contribution in [0.2, 0.25) is 0 Å². The van der Waals surface area contributed by atoms with E-state index in [1.807, 2.05) is 25.1 Å². The molecule has 0 aliphatic carbocycles. The second kappa shape index (κ2) is 12.2. The van der Waals surface area contributed by atoms with Crippen molar-refractivity contribution in [3.8, 4) is 0 Å². The number of benzene rings is 2. The Hall–Kier alpha value is -3.55. The van der Waals surface area contributed by atoms with Gasteiger partial charge in [0.2, 0.25) is 0 Å². The highest BCUT2D eigenvalue weighted by Crippen LogP contribution is 2.29. The molecule has 2 aromatic rings. The average Bonchev–Trinajstić information content (AvgIpc) is 2.74. The number of amides is 2. The van der Waals surface area contributed by atoms with Gasteiger partial charge < -0.3 is 14.4 Å². The molecule has 0 unspecified atom stereocenters. The Morgan fingerprint density at radius 1 is 0.968 bits per heavy atom. The molecule has 2 N–H and O–H groups in total. The zero-order chi connectivity index (χ0) is 22.6. The fraction of sp³-hybridized carbons (Fsp3) is 0.304. The minimum Gasteiger partial charge on any atom is -0.450 e. The lowest BCUT2D eigenvalue weighted by Crippen LogP contribution is -2.23. The average molecular weight is 429 g/mol. The van der Waals surface area contributed by atoms with Crippen LogP contribution in [0.4, 0.5) is 31.0 Å². The first-order chi connectivity index (χ1) is 15.0. The van der Waals surface area contributed by atoms with Crippen molar-refractivity contribution in [2.45, 2.75) is 27.3 Å². The summed E-state index contributed by atoms with van der Waals surface area (Å²) in [5.74, 6) is -0.293. The van der Waals surface area contributed by atoms with Gasteiger partial charge >= 0.3 is 12.2 Å². The van der Waals surface area contributed by atoms with Crippen molar-refractivity contribution in [2.75, 3.05) is 35.3 Å². The topological polar surface area (TPSA) is 79.9 Å². The molecule has 0 aliphatic heterocycles. The lowest BCUT2D eigenvalue weighted by atomic mass is 10.1. The molecule has 0 bridgehead atoms. The van der Waals surface area contributed by atoms with Gasteiger partial charge in [-0.2, -0.15) is 0 Å². The number of carbonyl (C=O) groups is 2. The van der Waals surface area contributed by atoms with Crippen molar-refractivity contribution in [1.82, 2.24) is 0 Å². The lowest BCUT2D eigenvalue weighted by Gasteiger charge is -2.25. The quantitative estimate of drug-likeness (QED) is 0.511. The van der Waals surface area contributed by atoms with Crippen molar-refractivity contribution in [2.24, 2.45) is 0 Å². The summed E-state index contributed by atoms with van der Waals surface area (Å²) in [7, 11) is 0. The third kappa shape index (κ3) is 7.65. The van der Waals surface area contributed by atoms with Crippen molar-refractivity contribution in [1.29, 1.82) is 0 Å². The smallest absolute Gasteiger partial charge is 0.411 e. The number of nitrogens with one attached hydrogen (secondary N) is 2. The third-order valence-corrected chi connectivity index (χ3v) is 4.24. The largest absolute Gasteiger partial charge is 0.450 e. The van der Waals surface area contributed by atoms with Crippen molar-refractivity contribution in [3.05, 3.63) is 66.0 Å². The van der Waals surface area contributed by atoms with Gasteiger partial charge in [0, 0.05) is 18.8 Å². The molecule has 166 valence electrons. The fourth-order valence-corrected chi connectivity index (χ4v) is 2.80. The molecule has 0 aliphatic rings. The van der Waals surface area contributed by atoms with Gasteiger partial charge in [-0.15, -0.1) is 0 Å². The van der Waals surface area contributed by atoms with Crippen LogP contribution in [-0.4, -0.2) is 31.9 Å². The SMILES string of the molecule is C/C=C/CN(Cc1ccc(F)cc1)c1ccc(NC(=O)OCC)c(NC(=O)OCC)c1. The predicted octanol–water partition coefficient (Wildman–Crippen LogP) is 5.55. The predicted molar refractivity (Wildman–Crippen MR) is 120 cm³/mol. The molecule has 0 heterocycles. The van der Waals surface area contributed by atoms with E-state index < -0.39 is 12.2 Å². The lowest BCUT2D eigenvalue weighted by molar-refractivity contribution is 0.166. The minimum atomic E-state index is -0.634. The summed E-state index contributed by atoms with van der Waals surface area (Å²) < 4.78 is 23.2. The first kappa shape index (κ1) is 23.7. The zero-order valence-electron chi connectivity index (χ0n) is 18.0. The number of rotatable bonds is 9. The van der Waals surface area contributed by atoms with E-state index in [2.05, 4.69) is 15.5 Å². The Balaban J connectivity index is 2.36. The molecule has 2 rings (SSSR count). The Labute approximate surface area is 181 Å². The number of hydrogen-bond acceptors (Lipinski definition) is 5. The van der Waals surface area contributed by atoms with E-state index in [9.17, 15) is 14.0 Å². The van der Waals surface area contributed by atoms with Crippen LogP contribution in [0.5, 0.6) is 0 Å². The third-order valence-electron chi connectivity index (χ3n) is 4.24. The van der Waals surface area contributed by atoms with Gasteiger partial charge in [-0.25, -0.2) is 14.0 Å². The van der Waals surface area contributed by atoms with Gasteiger partial charge in [-0.1, -0.05) is 24.3 Å². The Kier molecular flexibility index (Phi) is 9.35. The number of ether oxygens (including phenoxy) is 2. The minimum absolute atomic E-state index is 0.212. The number of halogens is 1. The van der Waals surface area contributed by atoms with Crippen molar-refractivity contribution >= 4 is 29.2 Å². The van der Waals surface area contributed by atoms with Crippen LogP contribution in [0.25, 0.3) is 0 Å². The molecule has 7 nitrogen and oxygen atoms in total. The van der Waals surface area contributed by atoms with E-state index >= 15 is 0 Å². The molecule has 0 saturated heterocycles. The number of allylic oxidation sites excluding steroid dienone is 1. The summed E-state index contributed by atoms with van der Waals surface area (Å²) in [5.41, 5.74) is 2.47. The van der Waals surface area contributed by atoms with Crippen LogP contribution < -0.4 is 15.5 Å². The van der Waals surface area contributed by atoms with Crippen molar-refractivity contribution in [3.63, 3.8) is 0 Å². The number of carbonyl (C=O) groups excluding carboxylic acids is 2. The van der Waals surface area contributed by atoms with E-state index in [0.717, 1.165) is 11.3 Å². The van der Waals surface area contributed by atoms with E-state index in [-0.39, 0.29) is 19.0 Å². The van der Waals surface area contributed by atoms with Crippen LogP contribution in [0.3, 0.4) is 0 Å². The van der Waals surface area contributed by atoms with Gasteiger partial charge in [-0.3, -0.25) is 10.6 Å². The number of anilines is 3. The molecular weight excluding hydrogens is 401 g/mol. The monoisotopic (exact) mass is 429 g/mol. The molecular formula is C23H28FN3O4. The van der Waals surface area contributed by atoms with Crippen LogP contribution in [-0.2, 0) is 16.0 Å². The second-order valence-electron chi connectivity index (χ2n) is 6.50. The fourth-order valence-electron chi connectivity index (χ4n) is 2.80. The second-order valence-corrected chi connectivity index (χ2v) is 6.50. The van der Waals surface area contributed by atoms with E-state index in [0.29, 0.717) is 24.5 Å². The summed E-state index contributed by atoms with van der Waals surface area (Å²) in [6, 6.07) is 11.5. The molecule has 2 aromatic carbocycles. The summed E-state index contributed by atoms with van der Waals surface area (Å²) in [5, 5.41) is 5.27. The zero-order valence-corrected chi connectivity index (χ0v) is 18.0. The molecule has 0 fully saturated rings. The number of hydrogen-bond donors (Lipinski definition) is 2. The summed E-state index contributed by atoms with van der Waals surface area (Å²) in [6.07, 6.45) is 2.67. The van der Waals surface area contributed by atoms with Gasteiger partial charge in [0.05, 0.1) is 24.6 Å². The molecule has 0 saturated carbocycles. The first-order valence-electron chi connectivity index (χ1n) is 10.1. The standard InChI is InChI=1S/C23H28FN3O4/c1-4-7-14-27(16-17-8-10-18(24)11-9-17)19-12-13-20(25-22(28)30-5-2)21(15-19)26-23(29)31-6-3/h4,7-13,15H,5-6,14,16H2,1-3H3,(H,25,28)(H,26,29)/b7-4+. The van der Waals surface area contributed by atoms with Gasteiger partial charge in [0.25, 0.3) is 0 Å².